The van der Waals surface area contributed by atoms with Crippen molar-refractivity contribution in [2.24, 2.45) is 0 Å². The third-order valence-corrected chi connectivity index (χ3v) is 4.67. The minimum Gasteiger partial charge on any atom is -0.497 e. The Labute approximate surface area is 120 Å². The molecule has 108 valence electrons. The molecule has 4 heteroatoms. The molecular formula is C16H22N2O2. The first-order chi connectivity index (χ1) is 9.73. The summed E-state index contributed by atoms with van der Waals surface area (Å²) in [5.74, 6) is 0.854. The molecule has 1 N–H and O–H groups in total. The van der Waals surface area contributed by atoms with E-state index in [0.717, 1.165) is 30.7 Å². The van der Waals surface area contributed by atoms with Gasteiger partial charge in [-0.25, -0.2) is 4.79 Å². The lowest BCUT2D eigenvalue weighted by molar-refractivity contribution is 0.113. The average Bonchev–Trinajstić information content (AvgIpc) is 2.78. The first-order valence-corrected chi connectivity index (χ1v) is 7.42. The Balaban J connectivity index is 1.77. The zero-order valence-corrected chi connectivity index (χ0v) is 12.0. The van der Waals surface area contributed by atoms with Crippen LogP contribution in [0.5, 0.6) is 5.75 Å². The third kappa shape index (κ3) is 2.35. The highest BCUT2D eigenvalue weighted by Crippen LogP contribution is 2.37. The van der Waals surface area contributed by atoms with E-state index in [0.29, 0.717) is 6.54 Å². The number of benzene rings is 1. The first kappa shape index (κ1) is 13.3. The molecule has 0 radical (unpaired) electrons. The number of carbonyl (C=O) groups excluding carboxylic acids is 1. The standard InChI is InChI=1S/C16H22N2O2/c1-20-14-7-5-13(6-8-14)11-18-15(19)17-12-16(18)9-3-2-4-10-16/h5-8H,2-4,9-12H2,1H3,(H,17,19). The van der Waals surface area contributed by atoms with Crippen LogP contribution in [-0.4, -0.2) is 30.1 Å². The van der Waals surface area contributed by atoms with E-state index < -0.39 is 0 Å². The Kier molecular flexibility index (Phi) is 3.55. The van der Waals surface area contributed by atoms with E-state index in [2.05, 4.69) is 5.32 Å². The van der Waals surface area contributed by atoms with E-state index in [4.69, 9.17) is 4.74 Å². The second kappa shape index (κ2) is 5.35. The van der Waals surface area contributed by atoms with Crippen molar-refractivity contribution in [3.63, 3.8) is 0 Å². The molecule has 2 amide bonds. The zero-order valence-electron chi connectivity index (χ0n) is 12.0. The van der Waals surface area contributed by atoms with E-state index >= 15 is 0 Å². The Morgan fingerprint density at radius 2 is 1.90 bits per heavy atom. The highest BCUT2D eigenvalue weighted by molar-refractivity contribution is 5.78. The Hall–Kier alpha value is -1.71. The van der Waals surface area contributed by atoms with Gasteiger partial charge in [0.1, 0.15) is 5.75 Å². The summed E-state index contributed by atoms with van der Waals surface area (Å²) in [6.45, 7) is 1.50. The van der Waals surface area contributed by atoms with Crippen LogP contribution in [0.15, 0.2) is 24.3 Å². The molecule has 0 bridgehead atoms. The minimum atomic E-state index is 0.0509. The number of methoxy groups -OCH3 is 1. The fraction of sp³-hybridized carbons (Fsp3) is 0.562. The van der Waals surface area contributed by atoms with Crippen molar-refractivity contribution in [3.05, 3.63) is 29.8 Å². The smallest absolute Gasteiger partial charge is 0.318 e. The van der Waals surface area contributed by atoms with Gasteiger partial charge in [0.05, 0.1) is 12.6 Å². The second-order valence-corrected chi connectivity index (χ2v) is 5.88. The lowest BCUT2D eigenvalue weighted by atomic mass is 9.81. The highest BCUT2D eigenvalue weighted by Gasteiger charge is 2.45. The van der Waals surface area contributed by atoms with Gasteiger partial charge in [-0.05, 0) is 30.5 Å². The Bertz CT molecular complexity index is 478. The molecule has 1 spiro atoms. The monoisotopic (exact) mass is 274 g/mol. The normalized spacial score (nSPS) is 21.1. The highest BCUT2D eigenvalue weighted by atomic mass is 16.5. The molecule has 1 aliphatic carbocycles. The number of carbonyl (C=O) groups is 1. The molecule has 2 fully saturated rings. The van der Waals surface area contributed by atoms with Crippen LogP contribution in [0.25, 0.3) is 0 Å². The van der Waals surface area contributed by atoms with Crippen molar-refractivity contribution in [2.75, 3.05) is 13.7 Å². The van der Waals surface area contributed by atoms with Crippen molar-refractivity contribution in [1.82, 2.24) is 10.2 Å². The summed E-state index contributed by atoms with van der Waals surface area (Å²) < 4.78 is 5.18. The molecule has 1 saturated carbocycles. The van der Waals surface area contributed by atoms with Crippen molar-refractivity contribution in [3.8, 4) is 5.75 Å². The van der Waals surface area contributed by atoms with Crippen LogP contribution in [0, 0.1) is 0 Å². The molecule has 1 saturated heterocycles. The quantitative estimate of drug-likeness (QED) is 0.920. The van der Waals surface area contributed by atoms with Crippen LogP contribution in [0.2, 0.25) is 0 Å². The summed E-state index contributed by atoms with van der Waals surface area (Å²) >= 11 is 0. The molecule has 0 aromatic heterocycles. The molecule has 0 unspecified atom stereocenters. The average molecular weight is 274 g/mol. The van der Waals surface area contributed by atoms with Gasteiger partial charge in [-0.15, -0.1) is 0 Å². The number of rotatable bonds is 3. The fourth-order valence-corrected chi connectivity index (χ4v) is 3.46. The van der Waals surface area contributed by atoms with Crippen molar-refractivity contribution in [1.29, 1.82) is 0 Å². The number of nitrogens with one attached hydrogen (secondary N) is 1. The summed E-state index contributed by atoms with van der Waals surface area (Å²) in [5, 5.41) is 3.04. The zero-order chi connectivity index (χ0) is 14.0. The second-order valence-electron chi connectivity index (χ2n) is 5.88. The van der Waals surface area contributed by atoms with Gasteiger partial charge in [0.2, 0.25) is 0 Å². The maximum Gasteiger partial charge on any atom is 0.318 e. The molecule has 1 aromatic rings. The van der Waals surface area contributed by atoms with Gasteiger partial charge in [-0.3, -0.25) is 0 Å². The third-order valence-electron chi connectivity index (χ3n) is 4.67. The molecule has 1 aliphatic heterocycles. The molecule has 4 nitrogen and oxygen atoms in total. The van der Waals surface area contributed by atoms with Crippen LogP contribution >= 0.6 is 0 Å². The lowest BCUT2D eigenvalue weighted by Gasteiger charge is -2.40. The largest absolute Gasteiger partial charge is 0.497 e. The molecule has 0 atom stereocenters. The van der Waals surface area contributed by atoms with Gasteiger partial charge < -0.3 is 15.0 Å². The Morgan fingerprint density at radius 1 is 1.20 bits per heavy atom. The molecule has 20 heavy (non-hydrogen) atoms. The molecular weight excluding hydrogens is 252 g/mol. The summed E-state index contributed by atoms with van der Waals surface area (Å²) in [4.78, 5) is 14.2. The SMILES string of the molecule is COc1ccc(CN2C(=O)NCC23CCCCC3)cc1. The number of ether oxygens (including phenoxy) is 1. The number of hydrogen-bond acceptors (Lipinski definition) is 2. The van der Waals surface area contributed by atoms with E-state index in [1.165, 1.54) is 19.3 Å². The predicted octanol–water partition coefficient (Wildman–Crippen LogP) is 2.92. The summed E-state index contributed by atoms with van der Waals surface area (Å²) in [6, 6.07) is 8.08. The maximum atomic E-state index is 12.2. The van der Waals surface area contributed by atoms with Crippen LogP contribution in [0.3, 0.4) is 0 Å². The fourth-order valence-electron chi connectivity index (χ4n) is 3.46. The van der Waals surface area contributed by atoms with Gasteiger partial charge in [-0.1, -0.05) is 31.4 Å². The van der Waals surface area contributed by atoms with Gasteiger partial charge in [0.25, 0.3) is 0 Å². The first-order valence-electron chi connectivity index (χ1n) is 7.42. The number of nitrogens with zero attached hydrogens (tertiary/aromatic N) is 1. The summed E-state index contributed by atoms with van der Waals surface area (Å²) in [7, 11) is 1.67. The maximum absolute atomic E-state index is 12.2. The predicted molar refractivity (Wildman–Crippen MR) is 77.8 cm³/mol. The molecule has 3 rings (SSSR count). The summed E-state index contributed by atoms with van der Waals surface area (Å²) in [6.07, 6.45) is 6.01. The van der Waals surface area contributed by atoms with Gasteiger partial charge >= 0.3 is 6.03 Å². The number of hydrogen-bond donors (Lipinski definition) is 1. The molecule has 2 aliphatic rings. The van der Waals surface area contributed by atoms with Gasteiger partial charge in [0.15, 0.2) is 0 Å². The van der Waals surface area contributed by atoms with E-state index in [1.54, 1.807) is 7.11 Å². The van der Waals surface area contributed by atoms with Crippen molar-refractivity contribution < 1.29 is 9.53 Å². The van der Waals surface area contributed by atoms with Gasteiger partial charge in [-0.2, -0.15) is 0 Å². The molecule has 1 aromatic carbocycles. The van der Waals surface area contributed by atoms with Crippen LogP contribution in [0.1, 0.15) is 37.7 Å². The summed E-state index contributed by atoms with van der Waals surface area (Å²) in [5.41, 5.74) is 1.21. The van der Waals surface area contributed by atoms with E-state index in [1.807, 2.05) is 29.2 Å². The van der Waals surface area contributed by atoms with Crippen LogP contribution in [-0.2, 0) is 6.54 Å². The van der Waals surface area contributed by atoms with Gasteiger partial charge in [0, 0.05) is 13.1 Å². The lowest BCUT2D eigenvalue weighted by Crippen LogP contribution is -2.48. The van der Waals surface area contributed by atoms with Crippen molar-refractivity contribution >= 4 is 6.03 Å². The number of amides is 2. The Morgan fingerprint density at radius 3 is 2.55 bits per heavy atom. The van der Waals surface area contributed by atoms with Crippen LogP contribution in [0.4, 0.5) is 4.79 Å². The molecule has 1 heterocycles. The van der Waals surface area contributed by atoms with E-state index in [-0.39, 0.29) is 11.6 Å². The van der Waals surface area contributed by atoms with Crippen LogP contribution < -0.4 is 10.1 Å². The number of urea groups is 1. The van der Waals surface area contributed by atoms with Crippen molar-refractivity contribution in [2.45, 2.75) is 44.2 Å². The topological polar surface area (TPSA) is 41.6 Å². The van der Waals surface area contributed by atoms with E-state index in [9.17, 15) is 4.79 Å². The minimum absolute atomic E-state index is 0.0509.